The second-order valence-corrected chi connectivity index (χ2v) is 6.50. The van der Waals surface area contributed by atoms with E-state index in [1.54, 1.807) is 12.1 Å². The number of hydrogen-bond donors (Lipinski definition) is 2. The van der Waals surface area contributed by atoms with E-state index in [4.69, 9.17) is 4.42 Å². The van der Waals surface area contributed by atoms with Crippen LogP contribution in [0.5, 0.6) is 0 Å². The molecule has 1 amide bonds. The molecule has 3 aromatic rings. The predicted octanol–water partition coefficient (Wildman–Crippen LogP) is 4.36. The molecule has 0 saturated heterocycles. The van der Waals surface area contributed by atoms with E-state index in [-0.39, 0.29) is 35.6 Å². The Balaban J connectivity index is 0.00000300. The number of rotatable bonds is 6. The molecule has 0 bridgehead atoms. The average molecular weight is 504 g/mol. The van der Waals surface area contributed by atoms with Crippen molar-refractivity contribution in [2.75, 3.05) is 19.4 Å². The second kappa shape index (κ2) is 11.3. The van der Waals surface area contributed by atoms with Crippen molar-refractivity contribution in [3.63, 3.8) is 0 Å². The van der Waals surface area contributed by atoms with Crippen molar-refractivity contribution in [1.29, 1.82) is 0 Å². The van der Waals surface area contributed by atoms with Crippen molar-refractivity contribution in [3.8, 4) is 0 Å². The first kappa shape index (κ1) is 22.5. The summed E-state index contributed by atoms with van der Waals surface area (Å²) in [5, 5.41) is 6.17. The molecule has 7 heteroatoms. The van der Waals surface area contributed by atoms with Gasteiger partial charge in [-0.2, -0.15) is 0 Å². The lowest BCUT2D eigenvalue weighted by Crippen LogP contribution is -2.36. The van der Waals surface area contributed by atoms with E-state index in [1.165, 1.54) is 11.8 Å². The highest BCUT2D eigenvalue weighted by atomic mass is 127. The summed E-state index contributed by atoms with van der Waals surface area (Å²) in [6, 6.07) is 21.1. The molecular formula is C22H25IN4O2. The highest BCUT2D eigenvalue weighted by Crippen LogP contribution is 2.12. The Morgan fingerprint density at radius 3 is 2.31 bits per heavy atom. The first-order valence-electron chi connectivity index (χ1n) is 9.05. The van der Waals surface area contributed by atoms with Crippen LogP contribution in [0.2, 0.25) is 0 Å². The summed E-state index contributed by atoms with van der Waals surface area (Å²) in [4.78, 5) is 18.6. The van der Waals surface area contributed by atoms with Crippen LogP contribution >= 0.6 is 24.0 Å². The van der Waals surface area contributed by atoms with Crippen molar-refractivity contribution < 1.29 is 9.21 Å². The van der Waals surface area contributed by atoms with Crippen molar-refractivity contribution in [3.05, 3.63) is 89.9 Å². The van der Waals surface area contributed by atoms with Gasteiger partial charge in [0.2, 0.25) is 0 Å². The number of hydrogen-bond acceptors (Lipinski definition) is 3. The van der Waals surface area contributed by atoms with Gasteiger partial charge in [0.25, 0.3) is 5.91 Å². The summed E-state index contributed by atoms with van der Waals surface area (Å²) in [6.07, 6.45) is 1.48. The Bertz CT molecular complexity index is 908. The highest BCUT2D eigenvalue weighted by molar-refractivity contribution is 14.0. The van der Waals surface area contributed by atoms with Crippen molar-refractivity contribution in [1.82, 2.24) is 10.2 Å². The number of benzene rings is 2. The SMILES string of the molecule is CN(C)C(=NCc1ccccc1)NCc1ccc(NC(=O)c2ccco2)cc1.I. The standard InChI is InChI=1S/C22H24N4O2.HI/c1-26(2)22(23-15-17-7-4-3-5-8-17)24-16-18-10-12-19(13-11-18)25-21(27)20-9-6-14-28-20;/h3-14H,15-16H2,1-2H3,(H,23,24)(H,25,27);1H. The van der Waals surface area contributed by atoms with Gasteiger partial charge in [-0.3, -0.25) is 4.79 Å². The molecule has 3 rings (SSSR count). The molecule has 29 heavy (non-hydrogen) atoms. The summed E-state index contributed by atoms with van der Waals surface area (Å²) in [5.74, 6) is 0.842. The normalized spacial score (nSPS) is 10.8. The minimum atomic E-state index is -0.265. The Kier molecular flexibility index (Phi) is 8.72. The third-order valence-corrected chi connectivity index (χ3v) is 4.09. The third kappa shape index (κ3) is 6.94. The maximum atomic E-state index is 12.0. The molecule has 152 valence electrons. The zero-order valence-corrected chi connectivity index (χ0v) is 18.8. The number of carbonyl (C=O) groups is 1. The van der Waals surface area contributed by atoms with Gasteiger partial charge in [-0.1, -0.05) is 42.5 Å². The molecular weight excluding hydrogens is 479 g/mol. The fourth-order valence-electron chi connectivity index (χ4n) is 2.59. The van der Waals surface area contributed by atoms with E-state index in [9.17, 15) is 4.79 Å². The molecule has 0 spiro atoms. The number of nitrogens with one attached hydrogen (secondary N) is 2. The molecule has 0 aliphatic heterocycles. The minimum Gasteiger partial charge on any atom is -0.459 e. The van der Waals surface area contributed by atoms with Crippen molar-refractivity contribution in [2.45, 2.75) is 13.1 Å². The van der Waals surface area contributed by atoms with Crippen LogP contribution in [0.4, 0.5) is 5.69 Å². The fraction of sp³-hybridized carbons (Fsp3) is 0.182. The molecule has 0 atom stereocenters. The number of aliphatic imine (C=N–C) groups is 1. The summed E-state index contributed by atoms with van der Waals surface area (Å²) in [7, 11) is 3.92. The number of nitrogens with zero attached hydrogens (tertiary/aromatic N) is 2. The first-order valence-corrected chi connectivity index (χ1v) is 9.05. The highest BCUT2D eigenvalue weighted by Gasteiger charge is 2.08. The molecule has 6 nitrogen and oxygen atoms in total. The van der Waals surface area contributed by atoms with Crippen LogP contribution < -0.4 is 10.6 Å². The largest absolute Gasteiger partial charge is 0.459 e. The van der Waals surface area contributed by atoms with Crippen LogP contribution in [0.1, 0.15) is 21.7 Å². The summed E-state index contributed by atoms with van der Waals surface area (Å²) >= 11 is 0. The van der Waals surface area contributed by atoms with Gasteiger partial charge in [0.15, 0.2) is 11.7 Å². The Morgan fingerprint density at radius 2 is 1.69 bits per heavy atom. The van der Waals surface area contributed by atoms with Crippen LogP contribution in [-0.2, 0) is 13.1 Å². The van der Waals surface area contributed by atoms with Crippen LogP contribution in [-0.4, -0.2) is 30.9 Å². The van der Waals surface area contributed by atoms with Gasteiger partial charge in [-0.15, -0.1) is 24.0 Å². The number of anilines is 1. The molecule has 0 unspecified atom stereocenters. The topological polar surface area (TPSA) is 69.9 Å². The van der Waals surface area contributed by atoms with E-state index in [0.29, 0.717) is 13.1 Å². The Hall–Kier alpha value is -2.81. The Morgan fingerprint density at radius 1 is 0.966 bits per heavy atom. The molecule has 1 aromatic heterocycles. The summed E-state index contributed by atoms with van der Waals surface area (Å²) < 4.78 is 5.09. The molecule has 0 radical (unpaired) electrons. The van der Waals surface area contributed by atoms with Gasteiger partial charge in [0.05, 0.1) is 12.8 Å². The quantitative estimate of drug-likeness (QED) is 0.298. The fourth-order valence-corrected chi connectivity index (χ4v) is 2.59. The van der Waals surface area contributed by atoms with E-state index < -0.39 is 0 Å². The molecule has 2 aromatic carbocycles. The third-order valence-electron chi connectivity index (χ3n) is 4.09. The minimum absolute atomic E-state index is 0. The lowest BCUT2D eigenvalue weighted by atomic mass is 10.2. The van der Waals surface area contributed by atoms with Gasteiger partial charge in [-0.05, 0) is 35.4 Å². The predicted molar refractivity (Wildman–Crippen MR) is 127 cm³/mol. The molecule has 0 aliphatic carbocycles. The zero-order chi connectivity index (χ0) is 19.8. The maximum absolute atomic E-state index is 12.0. The number of amides is 1. The van der Waals surface area contributed by atoms with Crippen molar-refractivity contribution >= 4 is 41.5 Å². The second-order valence-electron chi connectivity index (χ2n) is 6.50. The Labute approximate surface area is 188 Å². The van der Waals surface area contributed by atoms with Gasteiger partial charge >= 0.3 is 0 Å². The molecule has 1 heterocycles. The molecule has 0 aliphatic rings. The van der Waals surface area contributed by atoms with E-state index in [1.807, 2.05) is 61.5 Å². The van der Waals surface area contributed by atoms with Gasteiger partial charge in [0, 0.05) is 26.3 Å². The van der Waals surface area contributed by atoms with E-state index in [0.717, 1.165) is 17.2 Å². The van der Waals surface area contributed by atoms with Gasteiger partial charge < -0.3 is 20.0 Å². The smallest absolute Gasteiger partial charge is 0.291 e. The number of halogens is 1. The van der Waals surface area contributed by atoms with Gasteiger partial charge in [-0.25, -0.2) is 4.99 Å². The van der Waals surface area contributed by atoms with Crippen molar-refractivity contribution in [2.24, 2.45) is 4.99 Å². The molecule has 2 N–H and O–H groups in total. The lowest BCUT2D eigenvalue weighted by molar-refractivity contribution is 0.0996. The molecule has 0 saturated carbocycles. The molecule has 0 fully saturated rings. The monoisotopic (exact) mass is 504 g/mol. The van der Waals surface area contributed by atoms with Crippen LogP contribution in [0.3, 0.4) is 0 Å². The number of guanidine groups is 1. The lowest BCUT2D eigenvalue weighted by Gasteiger charge is -2.18. The zero-order valence-electron chi connectivity index (χ0n) is 16.5. The summed E-state index contributed by atoms with van der Waals surface area (Å²) in [5.41, 5.74) is 2.97. The van der Waals surface area contributed by atoms with E-state index in [2.05, 4.69) is 27.8 Å². The average Bonchev–Trinajstić information content (AvgIpc) is 3.25. The van der Waals surface area contributed by atoms with Crippen LogP contribution in [0.25, 0.3) is 0 Å². The first-order chi connectivity index (χ1) is 13.6. The summed E-state index contributed by atoms with van der Waals surface area (Å²) in [6.45, 7) is 1.26. The maximum Gasteiger partial charge on any atom is 0.291 e. The number of carbonyl (C=O) groups excluding carboxylic acids is 1. The number of furan rings is 1. The van der Waals surface area contributed by atoms with Gasteiger partial charge in [0.1, 0.15) is 0 Å². The van der Waals surface area contributed by atoms with E-state index >= 15 is 0 Å². The van der Waals surface area contributed by atoms with Crippen LogP contribution in [0.15, 0.2) is 82.4 Å². The van der Waals surface area contributed by atoms with Crippen LogP contribution in [0, 0.1) is 0 Å².